The van der Waals surface area contributed by atoms with Crippen LogP contribution < -0.4 is 11.1 Å². The number of carbonyl (C=O) groups is 1. The second kappa shape index (κ2) is 8.17. The van der Waals surface area contributed by atoms with Gasteiger partial charge in [0.15, 0.2) is 0 Å². The molecule has 0 bridgehead atoms. The largest absolute Gasteiger partial charge is 0.338 e. The highest BCUT2D eigenvalue weighted by Crippen LogP contribution is 2.06. The van der Waals surface area contributed by atoms with Gasteiger partial charge in [0.25, 0.3) is 0 Å². The van der Waals surface area contributed by atoms with Crippen molar-refractivity contribution in [2.75, 3.05) is 20.1 Å². The minimum atomic E-state index is -0.0474. The van der Waals surface area contributed by atoms with E-state index in [4.69, 9.17) is 5.73 Å². The molecule has 0 aromatic heterocycles. The highest BCUT2D eigenvalue weighted by Gasteiger charge is 2.07. The fourth-order valence-electron chi connectivity index (χ4n) is 1.56. The molecule has 102 valence electrons. The van der Waals surface area contributed by atoms with Crippen LogP contribution in [0.1, 0.15) is 24.5 Å². The maximum Gasteiger partial charge on any atom is 0.317 e. The van der Waals surface area contributed by atoms with Crippen molar-refractivity contribution in [3.8, 4) is 11.8 Å². The highest BCUT2D eigenvalue weighted by atomic mass is 16.2. The van der Waals surface area contributed by atoms with Gasteiger partial charge in [0.05, 0.1) is 6.54 Å². The Kier molecular flexibility index (Phi) is 6.48. The molecule has 1 rings (SSSR count). The fraction of sp³-hybridized carbons (Fsp3) is 0.400. The number of hydrogen-bond donors (Lipinski definition) is 2. The lowest BCUT2D eigenvalue weighted by atomic mass is 10.1. The van der Waals surface area contributed by atoms with Crippen molar-refractivity contribution in [1.29, 1.82) is 0 Å². The summed E-state index contributed by atoms with van der Waals surface area (Å²) in [6.07, 6.45) is 0.939. The van der Waals surface area contributed by atoms with Gasteiger partial charge in [0, 0.05) is 25.7 Å². The second-order valence-electron chi connectivity index (χ2n) is 4.29. The summed E-state index contributed by atoms with van der Waals surface area (Å²) in [6, 6.07) is 7.79. The van der Waals surface area contributed by atoms with Gasteiger partial charge in [0.1, 0.15) is 0 Å². The number of amides is 2. The lowest BCUT2D eigenvalue weighted by Crippen LogP contribution is -2.37. The van der Waals surface area contributed by atoms with E-state index in [0.717, 1.165) is 17.5 Å². The van der Waals surface area contributed by atoms with Crippen molar-refractivity contribution in [1.82, 2.24) is 10.2 Å². The van der Waals surface area contributed by atoms with Crippen LogP contribution in [0.5, 0.6) is 0 Å². The van der Waals surface area contributed by atoms with Gasteiger partial charge in [-0.1, -0.05) is 30.9 Å². The summed E-state index contributed by atoms with van der Waals surface area (Å²) in [6.45, 7) is 3.68. The monoisotopic (exact) mass is 259 g/mol. The van der Waals surface area contributed by atoms with E-state index < -0.39 is 0 Å². The first-order valence-electron chi connectivity index (χ1n) is 6.44. The van der Waals surface area contributed by atoms with Crippen LogP contribution in [0.2, 0.25) is 0 Å². The minimum Gasteiger partial charge on any atom is -0.338 e. The Labute approximate surface area is 115 Å². The molecule has 0 unspecified atom stereocenters. The van der Waals surface area contributed by atoms with Gasteiger partial charge in [0.2, 0.25) is 0 Å². The molecular formula is C15H21N3O. The third-order valence-electron chi connectivity index (χ3n) is 2.58. The molecule has 0 spiro atoms. The molecular weight excluding hydrogens is 238 g/mol. The molecule has 0 heterocycles. The van der Waals surface area contributed by atoms with Gasteiger partial charge in [-0.25, -0.2) is 4.79 Å². The standard InChI is InChI=1S/C15H21N3O/c1-3-11-17-15(19)18(2)12-14-8-6-13(7-9-14)5-4-10-16/h6-9H,3,10-12,16H2,1-2H3,(H,17,19). The van der Waals surface area contributed by atoms with E-state index in [2.05, 4.69) is 17.2 Å². The van der Waals surface area contributed by atoms with E-state index in [1.165, 1.54) is 0 Å². The molecule has 0 radical (unpaired) electrons. The summed E-state index contributed by atoms with van der Waals surface area (Å²) in [5.41, 5.74) is 7.33. The van der Waals surface area contributed by atoms with Crippen LogP contribution in [-0.2, 0) is 6.54 Å². The molecule has 1 aromatic rings. The number of hydrogen-bond acceptors (Lipinski definition) is 2. The van der Waals surface area contributed by atoms with Crippen LogP contribution in [0.25, 0.3) is 0 Å². The molecule has 0 aliphatic carbocycles. The number of nitrogens with one attached hydrogen (secondary N) is 1. The molecule has 0 aliphatic rings. The first-order chi connectivity index (χ1) is 9.17. The van der Waals surface area contributed by atoms with Gasteiger partial charge >= 0.3 is 6.03 Å². The molecule has 2 amide bonds. The maximum absolute atomic E-state index is 11.7. The number of urea groups is 1. The second-order valence-corrected chi connectivity index (χ2v) is 4.29. The van der Waals surface area contributed by atoms with Crippen molar-refractivity contribution in [2.24, 2.45) is 5.73 Å². The van der Waals surface area contributed by atoms with Gasteiger partial charge in [-0.3, -0.25) is 0 Å². The summed E-state index contributed by atoms with van der Waals surface area (Å²) in [7, 11) is 1.78. The molecule has 0 atom stereocenters. The van der Waals surface area contributed by atoms with Crippen LogP contribution >= 0.6 is 0 Å². The summed E-state index contributed by atoms with van der Waals surface area (Å²) >= 11 is 0. The number of carbonyl (C=O) groups excluding carboxylic acids is 1. The lowest BCUT2D eigenvalue weighted by molar-refractivity contribution is 0.207. The Morgan fingerprint density at radius 2 is 2.05 bits per heavy atom. The van der Waals surface area contributed by atoms with E-state index >= 15 is 0 Å². The average Bonchev–Trinajstić information content (AvgIpc) is 2.43. The predicted octanol–water partition coefficient (Wildman–Crippen LogP) is 1.55. The van der Waals surface area contributed by atoms with Crippen LogP contribution in [-0.4, -0.2) is 31.1 Å². The van der Waals surface area contributed by atoms with E-state index in [-0.39, 0.29) is 6.03 Å². The molecule has 4 nitrogen and oxygen atoms in total. The minimum absolute atomic E-state index is 0.0474. The van der Waals surface area contributed by atoms with Crippen molar-refractivity contribution in [2.45, 2.75) is 19.9 Å². The normalized spacial score (nSPS) is 9.42. The highest BCUT2D eigenvalue weighted by molar-refractivity contribution is 5.73. The summed E-state index contributed by atoms with van der Waals surface area (Å²) < 4.78 is 0. The number of nitrogens with two attached hydrogens (primary N) is 1. The van der Waals surface area contributed by atoms with Crippen LogP contribution in [0.3, 0.4) is 0 Å². The first-order valence-corrected chi connectivity index (χ1v) is 6.44. The number of nitrogens with zero attached hydrogens (tertiary/aromatic N) is 1. The summed E-state index contributed by atoms with van der Waals surface area (Å²) in [4.78, 5) is 13.4. The van der Waals surface area contributed by atoms with Crippen molar-refractivity contribution >= 4 is 6.03 Å². The Morgan fingerprint density at radius 3 is 2.63 bits per heavy atom. The molecule has 3 N–H and O–H groups in total. The molecule has 0 saturated heterocycles. The zero-order valence-corrected chi connectivity index (χ0v) is 11.6. The Bertz CT molecular complexity index is 457. The zero-order chi connectivity index (χ0) is 14.1. The third-order valence-corrected chi connectivity index (χ3v) is 2.58. The quantitative estimate of drug-likeness (QED) is 0.806. The topological polar surface area (TPSA) is 58.4 Å². The van der Waals surface area contributed by atoms with Crippen LogP contribution in [0, 0.1) is 11.8 Å². The molecule has 1 aromatic carbocycles. The van der Waals surface area contributed by atoms with E-state index in [0.29, 0.717) is 19.6 Å². The Morgan fingerprint density at radius 1 is 1.37 bits per heavy atom. The van der Waals surface area contributed by atoms with Gasteiger partial charge in [-0.2, -0.15) is 0 Å². The number of rotatable bonds is 4. The Balaban J connectivity index is 2.55. The molecule has 0 saturated carbocycles. The molecule has 4 heteroatoms. The van der Waals surface area contributed by atoms with Crippen LogP contribution in [0.4, 0.5) is 4.79 Å². The molecule has 19 heavy (non-hydrogen) atoms. The predicted molar refractivity (Wildman–Crippen MR) is 77.5 cm³/mol. The zero-order valence-electron chi connectivity index (χ0n) is 11.6. The average molecular weight is 259 g/mol. The Hall–Kier alpha value is -1.99. The molecule has 0 aliphatic heterocycles. The van der Waals surface area contributed by atoms with E-state index in [9.17, 15) is 4.79 Å². The fourth-order valence-corrected chi connectivity index (χ4v) is 1.56. The number of benzene rings is 1. The van der Waals surface area contributed by atoms with Crippen molar-refractivity contribution < 1.29 is 4.79 Å². The van der Waals surface area contributed by atoms with Gasteiger partial charge in [-0.15, -0.1) is 0 Å². The van der Waals surface area contributed by atoms with Crippen LogP contribution in [0.15, 0.2) is 24.3 Å². The third kappa shape index (κ3) is 5.45. The maximum atomic E-state index is 11.7. The van der Waals surface area contributed by atoms with Gasteiger partial charge < -0.3 is 16.0 Å². The molecule has 0 fully saturated rings. The van der Waals surface area contributed by atoms with E-state index in [1.54, 1.807) is 11.9 Å². The smallest absolute Gasteiger partial charge is 0.317 e. The summed E-state index contributed by atoms with van der Waals surface area (Å²) in [5, 5.41) is 2.84. The first kappa shape index (κ1) is 15.1. The summed E-state index contributed by atoms with van der Waals surface area (Å²) in [5.74, 6) is 5.78. The van der Waals surface area contributed by atoms with E-state index in [1.807, 2.05) is 31.2 Å². The van der Waals surface area contributed by atoms with Crippen molar-refractivity contribution in [3.63, 3.8) is 0 Å². The SMILES string of the molecule is CCCNC(=O)N(C)Cc1ccc(C#CCN)cc1. The lowest BCUT2D eigenvalue weighted by Gasteiger charge is -2.17. The van der Waals surface area contributed by atoms with Crippen molar-refractivity contribution in [3.05, 3.63) is 35.4 Å². The van der Waals surface area contributed by atoms with Gasteiger partial charge in [-0.05, 0) is 24.1 Å².